The molecule has 2 aromatic rings. The summed E-state index contributed by atoms with van der Waals surface area (Å²) >= 11 is 11.7. The molecule has 2 rings (SSSR count). The number of nitrogens with one attached hydrogen (secondary N) is 1. The first-order chi connectivity index (χ1) is 10.8. The average molecular weight is 362 g/mol. The van der Waals surface area contributed by atoms with Crippen molar-refractivity contribution in [3.05, 3.63) is 51.6 Å². The summed E-state index contributed by atoms with van der Waals surface area (Å²) in [6.45, 7) is 0. The summed E-state index contributed by atoms with van der Waals surface area (Å²) in [6.07, 6.45) is 1.27. The number of anilines is 2. The number of hydrogen-bond acceptors (Lipinski definition) is 4. The molecule has 23 heavy (non-hydrogen) atoms. The van der Waals surface area contributed by atoms with E-state index in [4.69, 9.17) is 28.0 Å². The molecule has 0 atom stereocenters. The number of benzene rings is 1. The first-order valence-corrected chi connectivity index (χ1v) is 6.99. The molecule has 1 amide bonds. The van der Waals surface area contributed by atoms with Gasteiger partial charge in [-0.1, -0.05) is 23.2 Å². The predicted molar refractivity (Wildman–Crippen MR) is 83.0 cm³/mol. The topological polar surface area (TPSA) is 54.5 Å². The first kappa shape index (κ1) is 17.4. The van der Waals surface area contributed by atoms with Crippen molar-refractivity contribution in [1.29, 1.82) is 0 Å². The van der Waals surface area contributed by atoms with Crippen molar-refractivity contribution in [1.82, 2.24) is 10.0 Å². The molecule has 1 aromatic heterocycles. The fourth-order valence-corrected chi connectivity index (χ4v) is 2.16. The summed E-state index contributed by atoms with van der Waals surface area (Å²) in [5.41, 5.74) is -0.559. The van der Waals surface area contributed by atoms with Gasteiger partial charge in [0, 0.05) is 13.2 Å². The van der Waals surface area contributed by atoms with Gasteiger partial charge in [0.25, 0.3) is 5.91 Å². The smallest absolute Gasteiger partial charge is 0.279 e. The number of halogens is 4. The average Bonchev–Trinajstić information content (AvgIpc) is 2.52. The minimum Gasteiger partial charge on any atom is -0.336 e. The molecule has 0 radical (unpaired) electrons. The number of pyridine rings is 1. The second-order valence-electron chi connectivity index (χ2n) is 4.38. The molecule has 5 nitrogen and oxygen atoms in total. The number of carbonyl (C=O) groups is 1. The molecule has 1 aromatic carbocycles. The summed E-state index contributed by atoms with van der Waals surface area (Å²) in [4.78, 5) is 20.8. The third kappa shape index (κ3) is 3.69. The van der Waals surface area contributed by atoms with Crippen LogP contribution >= 0.6 is 23.2 Å². The standard InChI is InChI=1S/C14H11Cl2F2N3O2/c1-21(23-2)14(22)8-3-4-10(17)11(18)12(8)20-13-9(16)5-7(15)6-19-13/h3-6H,1-2H3,(H,19,20). The lowest BCUT2D eigenvalue weighted by Crippen LogP contribution is -2.26. The summed E-state index contributed by atoms with van der Waals surface area (Å²) in [5, 5.41) is 3.74. The largest absolute Gasteiger partial charge is 0.336 e. The van der Waals surface area contributed by atoms with Crippen LogP contribution in [-0.4, -0.2) is 30.1 Å². The highest BCUT2D eigenvalue weighted by Gasteiger charge is 2.22. The van der Waals surface area contributed by atoms with Gasteiger partial charge in [0.05, 0.1) is 28.4 Å². The number of hydrogen-bond donors (Lipinski definition) is 1. The van der Waals surface area contributed by atoms with E-state index in [-0.39, 0.29) is 21.4 Å². The maximum Gasteiger partial charge on any atom is 0.279 e. The van der Waals surface area contributed by atoms with Crippen molar-refractivity contribution in [2.24, 2.45) is 0 Å². The van der Waals surface area contributed by atoms with E-state index < -0.39 is 23.2 Å². The highest BCUT2D eigenvalue weighted by Crippen LogP contribution is 2.30. The first-order valence-electron chi connectivity index (χ1n) is 6.23. The summed E-state index contributed by atoms with van der Waals surface area (Å²) in [7, 11) is 2.60. The molecule has 0 unspecified atom stereocenters. The van der Waals surface area contributed by atoms with Crippen molar-refractivity contribution in [2.45, 2.75) is 0 Å². The summed E-state index contributed by atoms with van der Waals surface area (Å²) < 4.78 is 27.7. The Hall–Kier alpha value is -1.96. The molecule has 0 bridgehead atoms. The highest BCUT2D eigenvalue weighted by molar-refractivity contribution is 6.36. The highest BCUT2D eigenvalue weighted by atomic mass is 35.5. The normalized spacial score (nSPS) is 10.5. The van der Waals surface area contributed by atoms with Gasteiger partial charge in [-0.2, -0.15) is 0 Å². The lowest BCUT2D eigenvalue weighted by atomic mass is 10.1. The molecule has 0 aliphatic carbocycles. The van der Waals surface area contributed by atoms with Crippen LogP contribution in [0.2, 0.25) is 10.0 Å². The van der Waals surface area contributed by atoms with Crippen molar-refractivity contribution in [3.8, 4) is 0 Å². The summed E-state index contributed by atoms with van der Waals surface area (Å²) in [6, 6.07) is 3.34. The van der Waals surface area contributed by atoms with Crippen LogP contribution in [-0.2, 0) is 4.84 Å². The van der Waals surface area contributed by atoms with Gasteiger partial charge >= 0.3 is 0 Å². The quantitative estimate of drug-likeness (QED) is 0.834. The van der Waals surface area contributed by atoms with Crippen LogP contribution in [0.1, 0.15) is 10.4 Å². The minimum atomic E-state index is -1.24. The van der Waals surface area contributed by atoms with Gasteiger partial charge in [0.1, 0.15) is 5.82 Å². The number of rotatable bonds is 4. The van der Waals surface area contributed by atoms with Gasteiger partial charge in [-0.25, -0.2) is 18.8 Å². The molecule has 0 fully saturated rings. The maximum atomic E-state index is 14.1. The SMILES string of the molecule is CON(C)C(=O)c1ccc(F)c(F)c1Nc1ncc(Cl)cc1Cl. The van der Waals surface area contributed by atoms with Crippen LogP contribution in [0.25, 0.3) is 0 Å². The van der Waals surface area contributed by atoms with E-state index in [1.165, 1.54) is 26.4 Å². The molecule has 1 N–H and O–H groups in total. The van der Waals surface area contributed by atoms with E-state index in [0.29, 0.717) is 0 Å². The van der Waals surface area contributed by atoms with Gasteiger partial charge in [0.2, 0.25) is 0 Å². The zero-order valence-corrected chi connectivity index (χ0v) is 13.5. The number of amides is 1. The van der Waals surface area contributed by atoms with Gasteiger partial charge in [-0.3, -0.25) is 9.63 Å². The van der Waals surface area contributed by atoms with Crippen molar-refractivity contribution < 1.29 is 18.4 Å². The Morgan fingerprint density at radius 1 is 1.35 bits per heavy atom. The van der Waals surface area contributed by atoms with Gasteiger partial charge in [-0.05, 0) is 18.2 Å². The van der Waals surface area contributed by atoms with E-state index in [2.05, 4.69) is 10.3 Å². The van der Waals surface area contributed by atoms with Crippen LogP contribution < -0.4 is 5.32 Å². The molecule has 0 spiro atoms. The van der Waals surface area contributed by atoms with Crippen molar-refractivity contribution in [2.75, 3.05) is 19.5 Å². The Labute approximate surface area is 140 Å². The Morgan fingerprint density at radius 2 is 2.04 bits per heavy atom. The van der Waals surface area contributed by atoms with Gasteiger partial charge < -0.3 is 5.32 Å². The maximum absolute atomic E-state index is 14.1. The number of aromatic nitrogens is 1. The Kier molecular flexibility index (Phi) is 5.35. The van der Waals surface area contributed by atoms with Crippen LogP contribution in [0, 0.1) is 11.6 Å². The molecule has 9 heteroatoms. The monoisotopic (exact) mass is 361 g/mol. The number of carbonyl (C=O) groups excluding carboxylic acids is 1. The van der Waals surface area contributed by atoms with E-state index in [0.717, 1.165) is 17.2 Å². The second-order valence-corrected chi connectivity index (χ2v) is 5.22. The van der Waals surface area contributed by atoms with E-state index >= 15 is 0 Å². The molecular weight excluding hydrogens is 351 g/mol. The molecule has 1 heterocycles. The lowest BCUT2D eigenvalue weighted by molar-refractivity contribution is -0.0756. The zero-order valence-electron chi connectivity index (χ0n) is 12.0. The van der Waals surface area contributed by atoms with E-state index in [9.17, 15) is 13.6 Å². The van der Waals surface area contributed by atoms with Gasteiger partial charge in [0.15, 0.2) is 11.6 Å². The van der Waals surface area contributed by atoms with Gasteiger partial charge in [-0.15, -0.1) is 0 Å². The lowest BCUT2D eigenvalue weighted by Gasteiger charge is -2.18. The number of nitrogens with zero attached hydrogens (tertiary/aromatic N) is 2. The van der Waals surface area contributed by atoms with Crippen LogP contribution in [0.5, 0.6) is 0 Å². The third-order valence-electron chi connectivity index (χ3n) is 2.94. The molecule has 0 aliphatic heterocycles. The zero-order chi connectivity index (χ0) is 17.1. The van der Waals surface area contributed by atoms with E-state index in [1.807, 2.05) is 0 Å². The Morgan fingerprint density at radius 3 is 2.65 bits per heavy atom. The van der Waals surface area contributed by atoms with Crippen molar-refractivity contribution in [3.63, 3.8) is 0 Å². The molecular formula is C14H11Cl2F2N3O2. The van der Waals surface area contributed by atoms with Crippen LogP contribution in [0.4, 0.5) is 20.3 Å². The van der Waals surface area contributed by atoms with Crippen LogP contribution in [0.15, 0.2) is 24.4 Å². The minimum absolute atomic E-state index is 0.0229. The fraction of sp³-hybridized carbons (Fsp3) is 0.143. The van der Waals surface area contributed by atoms with E-state index in [1.54, 1.807) is 0 Å². The Balaban J connectivity index is 2.51. The molecule has 0 saturated heterocycles. The Bertz CT molecular complexity index is 759. The second kappa shape index (κ2) is 7.08. The third-order valence-corrected chi connectivity index (χ3v) is 3.43. The molecule has 122 valence electrons. The summed E-state index contributed by atoms with van der Waals surface area (Å²) in [5.74, 6) is -3.03. The molecule has 0 saturated carbocycles. The molecule has 0 aliphatic rings. The fourth-order valence-electron chi connectivity index (χ4n) is 1.73. The van der Waals surface area contributed by atoms with Crippen molar-refractivity contribution >= 4 is 40.6 Å². The number of hydroxylamine groups is 2. The predicted octanol–water partition coefficient (Wildman–Crippen LogP) is 4.04. The van der Waals surface area contributed by atoms with Crippen LogP contribution in [0.3, 0.4) is 0 Å².